The topological polar surface area (TPSA) is 22.0 Å². The molecule has 3 saturated carbocycles. The van der Waals surface area contributed by atoms with Gasteiger partial charge >= 0.3 is 0 Å². The summed E-state index contributed by atoms with van der Waals surface area (Å²) in [6, 6.07) is 2.79. The zero-order valence-electron chi connectivity index (χ0n) is 10.5. The predicted octanol–water partition coefficient (Wildman–Crippen LogP) is 3.13. The van der Waals surface area contributed by atoms with E-state index in [0.29, 0.717) is 0 Å². The van der Waals surface area contributed by atoms with Crippen molar-refractivity contribution in [2.75, 3.05) is 0 Å². The Labute approximate surface area is 102 Å². The van der Waals surface area contributed by atoms with Crippen molar-refractivity contribution in [1.29, 1.82) is 0 Å². The van der Waals surface area contributed by atoms with Gasteiger partial charge in [0.05, 0.1) is 0 Å². The van der Waals surface area contributed by atoms with E-state index in [1.165, 1.54) is 30.7 Å². The lowest BCUT2D eigenvalue weighted by molar-refractivity contribution is 0.112. The SMILES string of the molecule is Cc1cc(C=O)c(C)n1C1C2C3CCC(C3)C21. The lowest BCUT2D eigenvalue weighted by atomic mass is 10.0. The lowest BCUT2D eigenvalue weighted by Crippen LogP contribution is -2.08. The molecule has 0 amide bonds. The van der Waals surface area contributed by atoms with Gasteiger partial charge in [-0.1, -0.05) is 0 Å². The summed E-state index contributed by atoms with van der Waals surface area (Å²) in [4.78, 5) is 11.0. The fourth-order valence-corrected chi connectivity index (χ4v) is 5.00. The Kier molecular flexibility index (Phi) is 1.77. The van der Waals surface area contributed by atoms with Crippen LogP contribution in [-0.2, 0) is 0 Å². The average molecular weight is 229 g/mol. The van der Waals surface area contributed by atoms with Crippen molar-refractivity contribution in [3.8, 4) is 0 Å². The Morgan fingerprint density at radius 1 is 1.24 bits per heavy atom. The van der Waals surface area contributed by atoms with E-state index in [-0.39, 0.29) is 0 Å². The van der Waals surface area contributed by atoms with Crippen molar-refractivity contribution < 1.29 is 4.79 Å². The van der Waals surface area contributed by atoms with E-state index in [2.05, 4.69) is 24.5 Å². The first-order valence-corrected chi connectivity index (χ1v) is 6.86. The Balaban J connectivity index is 1.74. The monoisotopic (exact) mass is 229 g/mol. The highest BCUT2D eigenvalue weighted by atomic mass is 16.1. The molecule has 0 aliphatic heterocycles. The van der Waals surface area contributed by atoms with E-state index in [1.807, 2.05) is 0 Å². The standard InChI is InChI=1S/C15H19NO/c1-8-5-12(7-17)9(2)16(8)15-13-10-3-4-11(6-10)14(13)15/h5,7,10-11,13-15H,3-4,6H2,1-2H3. The Hall–Kier alpha value is -1.05. The molecule has 0 radical (unpaired) electrons. The zero-order chi connectivity index (χ0) is 11.7. The van der Waals surface area contributed by atoms with Gasteiger partial charge in [-0.2, -0.15) is 0 Å². The van der Waals surface area contributed by atoms with E-state index in [9.17, 15) is 4.79 Å². The first kappa shape index (κ1) is 9.93. The average Bonchev–Trinajstić information content (AvgIpc) is 2.67. The molecule has 4 unspecified atom stereocenters. The molecular weight excluding hydrogens is 210 g/mol. The molecule has 0 N–H and O–H groups in total. The van der Waals surface area contributed by atoms with Crippen LogP contribution in [0, 0.1) is 37.5 Å². The van der Waals surface area contributed by atoms with Crippen molar-refractivity contribution in [3.63, 3.8) is 0 Å². The molecule has 3 fully saturated rings. The molecule has 90 valence electrons. The van der Waals surface area contributed by atoms with Crippen LogP contribution in [0.15, 0.2) is 6.07 Å². The van der Waals surface area contributed by atoms with Crippen LogP contribution in [0.2, 0.25) is 0 Å². The van der Waals surface area contributed by atoms with Gasteiger partial charge in [0.25, 0.3) is 0 Å². The molecule has 4 rings (SSSR count). The summed E-state index contributed by atoms with van der Waals surface area (Å²) in [6.45, 7) is 4.25. The summed E-state index contributed by atoms with van der Waals surface area (Å²) in [5.74, 6) is 3.88. The third kappa shape index (κ3) is 1.09. The molecule has 0 spiro atoms. The molecule has 3 aliphatic carbocycles. The number of aldehydes is 1. The number of hydrogen-bond donors (Lipinski definition) is 0. The van der Waals surface area contributed by atoms with Crippen molar-refractivity contribution >= 4 is 6.29 Å². The normalized spacial score (nSPS) is 41.6. The quantitative estimate of drug-likeness (QED) is 0.714. The number of carbonyl (C=O) groups is 1. The molecule has 2 bridgehead atoms. The molecule has 4 atom stereocenters. The lowest BCUT2D eigenvalue weighted by Gasteiger charge is -2.14. The number of rotatable bonds is 2. The summed E-state index contributed by atoms with van der Waals surface area (Å²) < 4.78 is 2.46. The van der Waals surface area contributed by atoms with Crippen molar-refractivity contribution in [1.82, 2.24) is 4.57 Å². The predicted molar refractivity (Wildman–Crippen MR) is 66.1 cm³/mol. The first-order chi connectivity index (χ1) is 8.22. The summed E-state index contributed by atoms with van der Waals surface area (Å²) in [5, 5.41) is 0. The van der Waals surface area contributed by atoms with Gasteiger partial charge in [-0.15, -0.1) is 0 Å². The van der Waals surface area contributed by atoms with Crippen LogP contribution in [0.1, 0.15) is 47.1 Å². The maximum Gasteiger partial charge on any atom is 0.151 e. The van der Waals surface area contributed by atoms with Crippen LogP contribution in [-0.4, -0.2) is 10.9 Å². The summed E-state index contributed by atoms with van der Waals surface area (Å²) in [5.41, 5.74) is 3.36. The maximum absolute atomic E-state index is 11.0. The van der Waals surface area contributed by atoms with Gasteiger partial charge in [0.2, 0.25) is 0 Å². The Morgan fingerprint density at radius 2 is 1.88 bits per heavy atom. The second-order valence-corrected chi connectivity index (χ2v) is 6.29. The minimum Gasteiger partial charge on any atom is -0.345 e. The number of carbonyl (C=O) groups excluding carboxylic acids is 1. The molecule has 1 aromatic rings. The molecule has 0 saturated heterocycles. The van der Waals surface area contributed by atoms with Gasteiger partial charge < -0.3 is 4.57 Å². The highest BCUT2D eigenvalue weighted by molar-refractivity contribution is 5.77. The van der Waals surface area contributed by atoms with Gasteiger partial charge in [-0.05, 0) is 62.8 Å². The van der Waals surface area contributed by atoms with Crippen LogP contribution in [0.4, 0.5) is 0 Å². The van der Waals surface area contributed by atoms with Crippen molar-refractivity contribution in [2.24, 2.45) is 23.7 Å². The number of aromatic nitrogens is 1. The van der Waals surface area contributed by atoms with E-state index >= 15 is 0 Å². The molecule has 1 aromatic heterocycles. The summed E-state index contributed by atoms with van der Waals surface area (Å²) >= 11 is 0. The van der Waals surface area contributed by atoms with Crippen LogP contribution < -0.4 is 0 Å². The fraction of sp³-hybridized carbons (Fsp3) is 0.667. The van der Waals surface area contributed by atoms with E-state index in [4.69, 9.17) is 0 Å². The van der Waals surface area contributed by atoms with Gasteiger partial charge in [0, 0.05) is 23.0 Å². The smallest absolute Gasteiger partial charge is 0.151 e. The van der Waals surface area contributed by atoms with E-state index < -0.39 is 0 Å². The molecule has 1 heterocycles. The van der Waals surface area contributed by atoms with E-state index in [1.54, 1.807) is 0 Å². The van der Waals surface area contributed by atoms with Crippen LogP contribution >= 0.6 is 0 Å². The number of aryl methyl sites for hydroxylation is 1. The zero-order valence-corrected chi connectivity index (χ0v) is 10.5. The Bertz CT molecular complexity index is 485. The molecule has 0 aromatic carbocycles. The van der Waals surface area contributed by atoms with Crippen LogP contribution in [0.5, 0.6) is 0 Å². The largest absolute Gasteiger partial charge is 0.345 e. The second kappa shape index (κ2) is 3.04. The molecule has 2 nitrogen and oxygen atoms in total. The number of fused-ring (bicyclic) bond motifs is 5. The Morgan fingerprint density at radius 3 is 2.41 bits per heavy atom. The van der Waals surface area contributed by atoms with Crippen molar-refractivity contribution in [2.45, 2.75) is 39.2 Å². The molecule has 3 aliphatic rings. The van der Waals surface area contributed by atoms with Crippen LogP contribution in [0.25, 0.3) is 0 Å². The minimum absolute atomic E-state index is 0.731. The molecular formula is C15H19NO. The second-order valence-electron chi connectivity index (χ2n) is 6.29. The van der Waals surface area contributed by atoms with Crippen molar-refractivity contribution in [3.05, 3.63) is 23.0 Å². The minimum atomic E-state index is 0.731. The fourth-order valence-electron chi connectivity index (χ4n) is 5.00. The highest BCUT2D eigenvalue weighted by Gasteiger charge is 2.66. The third-order valence-corrected chi connectivity index (χ3v) is 5.64. The first-order valence-electron chi connectivity index (χ1n) is 6.86. The van der Waals surface area contributed by atoms with Crippen LogP contribution in [0.3, 0.4) is 0 Å². The van der Waals surface area contributed by atoms with Gasteiger partial charge in [0.1, 0.15) is 0 Å². The van der Waals surface area contributed by atoms with Gasteiger partial charge in [-0.3, -0.25) is 4.79 Å². The third-order valence-electron chi connectivity index (χ3n) is 5.64. The highest BCUT2D eigenvalue weighted by Crippen LogP contribution is 2.71. The number of hydrogen-bond acceptors (Lipinski definition) is 1. The number of nitrogens with zero attached hydrogens (tertiary/aromatic N) is 1. The molecule has 2 heteroatoms. The molecule has 17 heavy (non-hydrogen) atoms. The van der Waals surface area contributed by atoms with Gasteiger partial charge in [-0.25, -0.2) is 0 Å². The summed E-state index contributed by atoms with van der Waals surface area (Å²) in [6.07, 6.45) is 5.42. The maximum atomic E-state index is 11.0. The van der Waals surface area contributed by atoms with E-state index in [0.717, 1.165) is 41.6 Å². The van der Waals surface area contributed by atoms with Gasteiger partial charge in [0.15, 0.2) is 6.29 Å². The summed E-state index contributed by atoms with van der Waals surface area (Å²) in [7, 11) is 0.